The van der Waals surface area contributed by atoms with E-state index < -0.39 is 5.60 Å². The van der Waals surface area contributed by atoms with Gasteiger partial charge in [-0.05, 0) is 70.6 Å². The molecule has 1 saturated heterocycles. The zero-order valence-electron chi connectivity index (χ0n) is 17.4. The maximum atomic E-state index is 14.1. The van der Waals surface area contributed by atoms with Crippen molar-refractivity contribution in [1.82, 2.24) is 4.90 Å². The van der Waals surface area contributed by atoms with Gasteiger partial charge in [0.1, 0.15) is 11.4 Å². The highest BCUT2D eigenvalue weighted by molar-refractivity contribution is 5.73. The summed E-state index contributed by atoms with van der Waals surface area (Å²) < 4.78 is 19.7. The molecule has 1 saturated carbocycles. The van der Waals surface area contributed by atoms with Crippen molar-refractivity contribution in [2.45, 2.75) is 52.1 Å². The molecule has 2 fully saturated rings. The molecule has 0 radical (unpaired) electrons. The van der Waals surface area contributed by atoms with E-state index in [1.165, 1.54) is 6.07 Å². The number of ether oxygens (including phenoxy) is 1. The zero-order chi connectivity index (χ0) is 20.3. The second-order valence-corrected chi connectivity index (χ2v) is 9.25. The predicted molar refractivity (Wildman–Crippen MR) is 111 cm³/mol. The van der Waals surface area contributed by atoms with Crippen molar-refractivity contribution in [1.29, 1.82) is 0 Å². The fraction of sp³-hybridized carbons (Fsp3) is 0.682. The third-order valence-corrected chi connectivity index (χ3v) is 5.79. The second-order valence-electron chi connectivity index (χ2n) is 9.25. The molecule has 0 aromatic heterocycles. The summed E-state index contributed by atoms with van der Waals surface area (Å²) in [5, 5.41) is 0. The van der Waals surface area contributed by atoms with Crippen LogP contribution in [0.15, 0.2) is 18.2 Å². The molecule has 6 heteroatoms. The number of nitrogens with zero attached hydrogens (tertiary/aromatic N) is 2. The van der Waals surface area contributed by atoms with Gasteiger partial charge in [-0.15, -0.1) is 0 Å². The number of carbonyl (C=O) groups excluding carboxylic acids is 1. The van der Waals surface area contributed by atoms with Gasteiger partial charge in [0, 0.05) is 38.4 Å². The van der Waals surface area contributed by atoms with Gasteiger partial charge in [0.2, 0.25) is 0 Å². The smallest absolute Gasteiger partial charge is 0.309 e. The molecule has 5 nitrogen and oxygen atoms in total. The highest BCUT2D eigenvalue weighted by Crippen LogP contribution is 2.31. The highest BCUT2D eigenvalue weighted by atomic mass is 19.1. The fourth-order valence-corrected chi connectivity index (χ4v) is 4.28. The van der Waals surface area contributed by atoms with Crippen LogP contribution >= 0.6 is 0 Å². The van der Waals surface area contributed by atoms with Gasteiger partial charge < -0.3 is 15.4 Å². The summed E-state index contributed by atoms with van der Waals surface area (Å²) in [4.78, 5) is 16.8. The Morgan fingerprint density at radius 1 is 1.14 bits per heavy atom. The van der Waals surface area contributed by atoms with E-state index in [4.69, 9.17) is 10.5 Å². The molecule has 0 spiro atoms. The maximum absolute atomic E-state index is 14.1. The van der Waals surface area contributed by atoms with E-state index in [9.17, 15) is 9.18 Å². The largest absolute Gasteiger partial charge is 0.460 e. The summed E-state index contributed by atoms with van der Waals surface area (Å²) >= 11 is 0. The normalized spacial score (nSPS) is 24.2. The van der Waals surface area contributed by atoms with Crippen LogP contribution in [0.1, 0.15) is 46.5 Å². The molecule has 1 heterocycles. The molecular weight excluding hydrogens is 357 g/mol. The monoisotopic (exact) mass is 391 g/mol. The van der Waals surface area contributed by atoms with Gasteiger partial charge >= 0.3 is 5.97 Å². The van der Waals surface area contributed by atoms with Crippen molar-refractivity contribution in [3.8, 4) is 0 Å². The first-order valence-corrected chi connectivity index (χ1v) is 10.5. The topological polar surface area (TPSA) is 58.8 Å². The molecule has 28 heavy (non-hydrogen) atoms. The molecule has 0 bridgehead atoms. The van der Waals surface area contributed by atoms with Crippen molar-refractivity contribution in [3.05, 3.63) is 24.0 Å². The number of piperazine rings is 1. The number of anilines is 2. The number of hydrogen-bond acceptors (Lipinski definition) is 5. The standard InChI is InChI=1S/C22H34FN3O2/c1-22(2,3)28-21(27)17-6-4-16(5-7-17)15-25-10-12-26(13-11-25)20-9-8-18(24)14-19(20)23/h8-9,14,16-17H,4-7,10-13,15,24H2,1-3H3. The predicted octanol–water partition coefficient (Wildman–Crippen LogP) is 3.68. The van der Waals surface area contributed by atoms with Crippen molar-refractivity contribution in [3.63, 3.8) is 0 Å². The van der Waals surface area contributed by atoms with E-state index >= 15 is 0 Å². The van der Waals surface area contributed by atoms with Crippen molar-refractivity contribution < 1.29 is 13.9 Å². The molecule has 2 aliphatic rings. The Balaban J connectivity index is 1.42. The Morgan fingerprint density at radius 2 is 1.79 bits per heavy atom. The summed E-state index contributed by atoms with van der Waals surface area (Å²) in [5.74, 6) is 0.415. The minimum absolute atomic E-state index is 0.0370. The average Bonchev–Trinajstić information content (AvgIpc) is 2.62. The lowest BCUT2D eigenvalue weighted by atomic mass is 9.81. The molecule has 1 aliphatic carbocycles. The number of carbonyl (C=O) groups is 1. The molecule has 1 aliphatic heterocycles. The average molecular weight is 392 g/mol. The van der Waals surface area contributed by atoms with Gasteiger partial charge in [-0.25, -0.2) is 4.39 Å². The maximum Gasteiger partial charge on any atom is 0.309 e. The Kier molecular flexibility index (Phi) is 6.48. The summed E-state index contributed by atoms with van der Waals surface area (Å²) in [7, 11) is 0. The van der Waals surface area contributed by atoms with Crippen LogP contribution in [0.5, 0.6) is 0 Å². The number of nitrogen functional groups attached to an aromatic ring is 1. The first-order chi connectivity index (χ1) is 13.2. The SMILES string of the molecule is CC(C)(C)OC(=O)C1CCC(CN2CCN(c3ccc(N)cc3F)CC2)CC1. The molecule has 156 valence electrons. The third kappa shape index (κ3) is 5.60. The molecule has 2 N–H and O–H groups in total. The summed E-state index contributed by atoms with van der Waals surface area (Å²) in [6.07, 6.45) is 4.01. The molecular formula is C22H34FN3O2. The van der Waals surface area contributed by atoms with E-state index in [0.717, 1.165) is 58.4 Å². The molecule has 0 amide bonds. The molecule has 0 unspecified atom stereocenters. The van der Waals surface area contributed by atoms with Crippen LogP contribution in [-0.2, 0) is 9.53 Å². The lowest BCUT2D eigenvalue weighted by Crippen LogP contribution is -2.48. The number of nitrogens with two attached hydrogens (primary N) is 1. The molecule has 1 aromatic rings. The highest BCUT2D eigenvalue weighted by Gasteiger charge is 2.31. The van der Waals surface area contributed by atoms with E-state index in [2.05, 4.69) is 9.80 Å². The van der Waals surface area contributed by atoms with Crippen molar-refractivity contribution in [2.75, 3.05) is 43.4 Å². The summed E-state index contributed by atoms with van der Waals surface area (Å²) in [6, 6.07) is 4.93. The molecule has 3 rings (SSSR count). The van der Waals surface area contributed by atoms with Gasteiger partial charge in [-0.3, -0.25) is 9.69 Å². The Bertz CT molecular complexity index is 673. The van der Waals surface area contributed by atoms with E-state index in [1.54, 1.807) is 12.1 Å². The third-order valence-electron chi connectivity index (χ3n) is 5.79. The first-order valence-electron chi connectivity index (χ1n) is 10.5. The number of rotatable bonds is 4. The van der Waals surface area contributed by atoms with E-state index in [1.807, 2.05) is 20.8 Å². The fourth-order valence-electron chi connectivity index (χ4n) is 4.28. The number of halogens is 1. The lowest BCUT2D eigenvalue weighted by Gasteiger charge is -2.39. The van der Waals surface area contributed by atoms with Gasteiger partial charge in [0.15, 0.2) is 0 Å². The number of esters is 1. The Labute approximate surface area is 168 Å². The van der Waals surface area contributed by atoms with Crippen molar-refractivity contribution >= 4 is 17.3 Å². The Morgan fingerprint density at radius 3 is 2.36 bits per heavy atom. The second kappa shape index (κ2) is 8.68. The van der Waals surface area contributed by atoms with Crippen LogP contribution in [0.4, 0.5) is 15.8 Å². The van der Waals surface area contributed by atoms with E-state index in [0.29, 0.717) is 17.3 Å². The van der Waals surface area contributed by atoms with Gasteiger partial charge in [-0.1, -0.05) is 0 Å². The van der Waals surface area contributed by atoms with Crippen LogP contribution in [0.25, 0.3) is 0 Å². The Hall–Kier alpha value is -1.82. The van der Waals surface area contributed by atoms with Crippen LogP contribution < -0.4 is 10.6 Å². The lowest BCUT2D eigenvalue weighted by molar-refractivity contribution is -0.161. The van der Waals surface area contributed by atoms with Crippen LogP contribution in [0.3, 0.4) is 0 Å². The van der Waals surface area contributed by atoms with Gasteiger partial charge in [-0.2, -0.15) is 0 Å². The van der Waals surface area contributed by atoms with Crippen LogP contribution in [-0.4, -0.2) is 49.2 Å². The van der Waals surface area contributed by atoms with Gasteiger partial charge in [0.25, 0.3) is 0 Å². The minimum atomic E-state index is -0.405. The molecule has 1 aromatic carbocycles. The van der Waals surface area contributed by atoms with Gasteiger partial charge in [0.05, 0.1) is 11.6 Å². The van der Waals surface area contributed by atoms with Crippen LogP contribution in [0.2, 0.25) is 0 Å². The minimum Gasteiger partial charge on any atom is -0.460 e. The summed E-state index contributed by atoms with van der Waals surface area (Å²) in [6.45, 7) is 10.4. The zero-order valence-corrected chi connectivity index (χ0v) is 17.4. The number of hydrogen-bond donors (Lipinski definition) is 1. The number of benzene rings is 1. The summed E-state index contributed by atoms with van der Waals surface area (Å²) in [5.41, 5.74) is 6.35. The quantitative estimate of drug-likeness (QED) is 0.627. The first kappa shape index (κ1) is 20.9. The van der Waals surface area contributed by atoms with E-state index in [-0.39, 0.29) is 17.7 Å². The molecule has 0 atom stereocenters. The van der Waals surface area contributed by atoms with Crippen LogP contribution in [0, 0.1) is 17.7 Å². The van der Waals surface area contributed by atoms with Crippen molar-refractivity contribution in [2.24, 2.45) is 11.8 Å².